The van der Waals surface area contributed by atoms with Crippen LogP contribution >= 0.6 is 23.7 Å². The zero-order valence-electron chi connectivity index (χ0n) is 10.0. The number of nitrogens with zero attached hydrogens (tertiary/aromatic N) is 1. The molecule has 0 spiro atoms. The molecule has 1 aromatic rings. The molecule has 18 heavy (non-hydrogen) atoms. The molecular formula is C10H17ClN2O3S2. The monoisotopic (exact) mass is 312 g/mol. The molecule has 0 radical (unpaired) electrons. The molecule has 1 aliphatic rings. The molecule has 0 bridgehead atoms. The summed E-state index contributed by atoms with van der Waals surface area (Å²) in [6.07, 6.45) is 1.43. The van der Waals surface area contributed by atoms with Crippen LogP contribution in [-0.2, 0) is 10.0 Å². The van der Waals surface area contributed by atoms with Gasteiger partial charge in [-0.2, -0.15) is 4.31 Å². The molecule has 1 aromatic heterocycles. The van der Waals surface area contributed by atoms with Crippen molar-refractivity contribution in [1.29, 1.82) is 0 Å². The van der Waals surface area contributed by atoms with Gasteiger partial charge in [0, 0.05) is 19.1 Å². The lowest BCUT2D eigenvalue weighted by Crippen LogP contribution is -2.42. The highest BCUT2D eigenvalue weighted by Gasteiger charge is 2.31. The highest BCUT2D eigenvalue weighted by atomic mass is 35.5. The van der Waals surface area contributed by atoms with Crippen LogP contribution in [0.5, 0.6) is 5.75 Å². The van der Waals surface area contributed by atoms with E-state index in [1.807, 2.05) is 0 Å². The second-order valence-corrected chi connectivity index (χ2v) is 7.07. The predicted molar refractivity (Wildman–Crippen MR) is 74.1 cm³/mol. The molecule has 5 nitrogen and oxygen atoms in total. The quantitative estimate of drug-likeness (QED) is 0.913. The van der Waals surface area contributed by atoms with E-state index in [4.69, 9.17) is 10.5 Å². The molecule has 1 aliphatic heterocycles. The van der Waals surface area contributed by atoms with Gasteiger partial charge < -0.3 is 10.5 Å². The van der Waals surface area contributed by atoms with E-state index in [1.54, 1.807) is 11.4 Å². The molecule has 0 aromatic carbocycles. The highest BCUT2D eigenvalue weighted by molar-refractivity contribution is 7.91. The average molecular weight is 313 g/mol. The van der Waals surface area contributed by atoms with Gasteiger partial charge in [-0.25, -0.2) is 8.42 Å². The molecule has 2 rings (SSSR count). The Morgan fingerprint density at radius 1 is 1.44 bits per heavy atom. The van der Waals surface area contributed by atoms with Crippen molar-refractivity contribution in [3.63, 3.8) is 0 Å². The Labute approximate surface area is 117 Å². The van der Waals surface area contributed by atoms with E-state index in [2.05, 4.69) is 0 Å². The Morgan fingerprint density at radius 2 is 2.06 bits per heavy atom. The molecule has 0 unspecified atom stereocenters. The van der Waals surface area contributed by atoms with Crippen LogP contribution in [-0.4, -0.2) is 39.0 Å². The number of methoxy groups -OCH3 is 1. The van der Waals surface area contributed by atoms with Gasteiger partial charge in [-0.3, -0.25) is 0 Å². The zero-order valence-corrected chi connectivity index (χ0v) is 12.5. The Kier molecular flexibility index (Phi) is 5.42. The fourth-order valence-corrected chi connectivity index (χ4v) is 4.74. The average Bonchev–Trinajstić information content (AvgIpc) is 2.78. The first-order valence-corrected chi connectivity index (χ1v) is 7.75. The van der Waals surface area contributed by atoms with Crippen LogP contribution in [0.15, 0.2) is 15.7 Å². The third kappa shape index (κ3) is 2.97. The zero-order chi connectivity index (χ0) is 12.5. The van der Waals surface area contributed by atoms with Crippen molar-refractivity contribution in [3.05, 3.63) is 11.4 Å². The number of ether oxygens (including phenoxy) is 1. The van der Waals surface area contributed by atoms with Crippen LogP contribution in [0.25, 0.3) is 0 Å². The van der Waals surface area contributed by atoms with Gasteiger partial charge in [0.15, 0.2) is 4.21 Å². The van der Waals surface area contributed by atoms with E-state index in [9.17, 15) is 8.42 Å². The number of halogens is 1. The summed E-state index contributed by atoms with van der Waals surface area (Å²) in [5.41, 5.74) is 5.77. The van der Waals surface area contributed by atoms with Gasteiger partial charge in [-0.05, 0) is 24.3 Å². The largest absolute Gasteiger partial charge is 0.494 e. The van der Waals surface area contributed by atoms with Gasteiger partial charge in [0.05, 0.1) is 7.11 Å². The maximum Gasteiger partial charge on any atom is 0.256 e. The van der Waals surface area contributed by atoms with Crippen molar-refractivity contribution in [3.8, 4) is 5.75 Å². The molecule has 8 heteroatoms. The molecule has 104 valence electrons. The summed E-state index contributed by atoms with van der Waals surface area (Å²) in [7, 11) is -1.93. The third-order valence-electron chi connectivity index (χ3n) is 2.89. The molecule has 0 atom stereocenters. The van der Waals surface area contributed by atoms with Gasteiger partial charge in [-0.1, -0.05) is 0 Å². The molecule has 1 fully saturated rings. The topological polar surface area (TPSA) is 72.6 Å². The minimum absolute atomic E-state index is 0. The van der Waals surface area contributed by atoms with Crippen LogP contribution in [0.1, 0.15) is 12.8 Å². The number of thiophene rings is 1. The van der Waals surface area contributed by atoms with Crippen molar-refractivity contribution < 1.29 is 13.2 Å². The molecule has 2 N–H and O–H groups in total. The summed E-state index contributed by atoms with van der Waals surface area (Å²) in [5.74, 6) is 0.421. The number of piperidine rings is 1. The minimum atomic E-state index is -3.41. The molecule has 0 amide bonds. The van der Waals surface area contributed by atoms with Crippen molar-refractivity contribution in [2.75, 3.05) is 20.2 Å². The van der Waals surface area contributed by atoms with Crippen LogP contribution < -0.4 is 10.5 Å². The fourth-order valence-electron chi connectivity index (χ4n) is 1.86. The lowest BCUT2D eigenvalue weighted by Gasteiger charge is -2.28. The smallest absolute Gasteiger partial charge is 0.256 e. The summed E-state index contributed by atoms with van der Waals surface area (Å²) < 4.78 is 31.5. The van der Waals surface area contributed by atoms with Crippen molar-refractivity contribution in [2.24, 2.45) is 5.73 Å². The highest BCUT2D eigenvalue weighted by Crippen LogP contribution is 2.32. The first kappa shape index (κ1) is 15.7. The Balaban J connectivity index is 0.00000162. The lowest BCUT2D eigenvalue weighted by atomic mass is 10.1. The maximum atomic E-state index is 12.4. The number of hydrogen-bond acceptors (Lipinski definition) is 5. The minimum Gasteiger partial charge on any atom is -0.494 e. The van der Waals surface area contributed by atoms with Gasteiger partial charge >= 0.3 is 0 Å². The van der Waals surface area contributed by atoms with Crippen LogP contribution in [0.2, 0.25) is 0 Å². The summed E-state index contributed by atoms with van der Waals surface area (Å²) in [6.45, 7) is 0.981. The molecule has 0 aliphatic carbocycles. The summed E-state index contributed by atoms with van der Waals surface area (Å²) >= 11 is 1.19. The van der Waals surface area contributed by atoms with E-state index in [0.717, 1.165) is 0 Å². The molecule has 1 saturated heterocycles. The van der Waals surface area contributed by atoms with Gasteiger partial charge in [-0.15, -0.1) is 23.7 Å². The van der Waals surface area contributed by atoms with Gasteiger partial charge in [0.25, 0.3) is 10.0 Å². The van der Waals surface area contributed by atoms with E-state index >= 15 is 0 Å². The SMILES string of the molecule is COc1ccsc1S(=O)(=O)N1CCC(N)CC1.Cl. The molecular weight excluding hydrogens is 296 g/mol. The number of sulfonamides is 1. The number of rotatable bonds is 3. The molecule has 0 saturated carbocycles. The summed E-state index contributed by atoms with van der Waals surface area (Å²) in [6, 6.07) is 1.79. The Bertz CT molecular complexity index is 481. The van der Waals surface area contributed by atoms with E-state index in [-0.39, 0.29) is 22.7 Å². The Morgan fingerprint density at radius 3 is 2.61 bits per heavy atom. The fraction of sp³-hybridized carbons (Fsp3) is 0.600. The predicted octanol–water partition coefficient (Wildman–Crippen LogP) is 1.29. The standard InChI is InChI=1S/C10H16N2O3S2.ClH/c1-15-9-4-7-16-10(9)17(13,14)12-5-2-8(11)3-6-12;/h4,7-8H,2-3,5-6,11H2,1H3;1H. The first-order chi connectivity index (χ1) is 8.05. The Hall–Kier alpha value is -0.340. The molecule has 2 heterocycles. The van der Waals surface area contributed by atoms with Crippen LogP contribution in [0.3, 0.4) is 0 Å². The number of hydrogen-bond donors (Lipinski definition) is 1. The van der Waals surface area contributed by atoms with E-state index < -0.39 is 10.0 Å². The summed E-state index contributed by atoms with van der Waals surface area (Å²) in [4.78, 5) is 0. The van der Waals surface area contributed by atoms with Crippen molar-refractivity contribution in [2.45, 2.75) is 23.1 Å². The summed E-state index contributed by atoms with van der Waals surface area (Å²) in [5, 5.41) is 1.72. The van der Waals surface area contributed by atoms with Gasteiger partial charge in [0.1, 0.15) is 5.75 Å². The van der Waals surface area contributed by atoms with E-state index in [1.165, 1.54) is 22.8 Å². The second-order valence-electron chi connectivity index (χ2n) is 4.02. The van der Waals surface area contributed by atoms with Gasteiger partial charge in [0.2, 0.25) is 0 Å². The van der Waals surface area contributed by atoms with Crippen LogP contribution in [0, 0.1) is 0 Å². The van der Waals surface area contributed by atoms with Crippen LogP contribution in [0.4, 0.5) is 0 Å². The first-order valence-electron chi connectivity index (χ1n) is 5.43. The maximum absolute atomic E-state index is 12.4. The lowest BCUT2D eigenvalue weighted by molar-refractivity contribution is 0.319. The second kappa shape index (κ2) is 6.21. The third-order valence-corrected chi connectivity index (χ3v) is 6.21. The normalized spacial score (nSPS) is 18.3. The van der Waals surface area contributed by atoms with Crippen molar-refractivity contribution >= 4 is 33.8 Å². The van der Waals surface area contributed by atoms with Crippen molar-refractivity contribution in [1.82, 2.24) is 4.31 Å². The number of nitrogens with two attached hydrogens (primary N) is 1. The van der Waals surface area contributed by atoms with E-state index in [0.29, 0.717) is 31.7 Å².